The lowest BCUT2D eigenvalue weighted by Gasteiger charge is -2.04. The summed E-state index contributed by atoms with van der Waals surface area (Å²) in [6, 6.07) is 3.59. The number of nitrogens with one attached hydrogen (secondary N) is 1. The molecule has 0 saturated heterocycles. The lowest BCUT2D eigenvalue weighted by atomic mass is 10.2. The second kappa shape index (κ2) is 5.43. The predicted molar refractivity (Wildman–Crippen MR) is 57.2 cm³/mol. The fraction of sp³-hybridized carbons (Fsp3) is 0.222. The largest absolute Gasteiger partial charge is 0.276 e. The third-order valence-electron chi connectivity index (χ3n) is 1.72. The van der Waals surface area contributed by atoms with E-state index in [2.05, 4.69) is 5.48 Å². The Morgan fingerprint density at radius 2 is 2.31 bits per heavy atom. The van der Waals surface area contributed by atoms with Crippen LogP contribution < -0.4 is 5.48 Å². The molecule has 0 atom stereocenters. The molecule has 16 heavy (non-hydrogen) atoms. The van der Waals surface area contributed by atoms with Crippen LogP contribution in [0, 0.1) is 10.1 Å². The summed E-state index contributed by atoms with van der Waals surface area (Å²) in [5.41, 5.74) is 2.10. The molecule has 86 valence electrons. The van der Waals surface area contributed by atoms with Crippen molar-refractivity contribution in [2.75, 3.05) is 6.61 Å². The molecule has 0 heterocycles. The number of hydrogen-bond donors (Lipinski definition) is 1. The summed E-state index contributed by atoms with van der Waals surface area (Å²) >= 11 is 5.73. The summed E-state index contributed by atoms with van der Waals surface area (Å²) in [6.45, 7) is 2.02. The summed E-state index contributed by atoms with van der Waals surface area (Å²) in [7, 11) is 0. The van der Waals surface area contributed by atoms with Crippen LogP contribution >= 0.6 is 11.6 Å². The van der Waals surface area contributed by atoms with Crippen molar-refractivity contribution < 1.29 is 14.6 Å². The van der Waals surface area contributed by atoms with Crippen molar-refractivity contribution in [2.24, 2.45) is 0 Å². The zero-order valence-electron chi connectivity index (χ0n) is 8.40. The highest BCUT2D eigenvalue weighted by Crippen LogP contribution is 2.22. The van der Waals surface area contributed by atoms with Crippen LogP contribution in [0.25, 0.3) is 0 Å². The molecule has 0 saturated carbocycles. The van der Waals surface area contributed by atoms with Gasteiger partial charge in [0.1, 0.15) is 0 Å². The molecule has 0 aromatic heterocycles. The van der Waals surface area contributed by atoms with E-state index in [-0.39, 0.29) is 16.3 Å². The molecular weight excluding hydrogens is 236 g/mol. The van der Waals surface area contributed by atoms with Crippen molar-refractivity contribution in [1.82, 2.24) is 5.48 Å². The number of hydroxylamine groups is 1. The van der Waals surface area contributed by atoms with E-state index >= 15 is 0 Å². The summed E-state index contributed by atoms with van der Waals surface area (Å²) < 4.78 is 0. The van der Waals surface area contributed by atoms with Crippen LogP contribution in [0.15, 0.2) is 18.2 Å². The van der Waals surface area contributed by atoms with Gasteiger partial charge in [-0.2, -0.15) is 0 Å². The number of halogens is 1. The summed E-state index contributed by atoms with van der Waals surface area (Å²) in [4.78, 5) is 25.9. The Balaban J connectivity index is 2.90. The molecular formula is C9H9ClN2O4. The van der Waals surface area contributed by atoms with Gasteiger partial charge in [0, 0.05) is 12.1 Å². The molecule has 1 N–H and O–H groups in total. The van der Waals surface area contributed by atoms with E-state index in [4.69, 9.17) is 16.4 Å². The highest BCUT2D eigenvalue weighted by atomic mass is 35.5. The first-order valence-electron chi connectivity index (χ1n) is 4.42. The highest BCUT2D eigenvalue weighted by Gasteiger charge is 2.14. The second-order valence-corrected chi connectivity index (χ2v) is 3.19. The lowest BCUT2D eigenvalue weighted by molar-refractivity contribution is -0.384. The molecule has 0 bridgehead atoms. The van der Waals surface area contributed by atoms with Gasteiger partial charge in [-0.3, -0.25) is 19.7 Å². The number of benzene rings is 1. The number of hydrogen-bond acceptors (Lipinski definition) is 4. The van der Waals surface area contributed by atoms with Crippen LogP contribution in [-0.2, 0) is 4.84 Å². The van der Waals surface area contributed by atoms with E-state index in [1.807, 2.05) is 0 Å². The van der Waals surface area contributed by atoms with Crippen molar-refractivity contribution in [3.63, 3.8) is 0 Å². The van der Waals surface area contributed by atoms with Gasteiger partial charge in [-0.15, -0.1) is 0 Å². The zero-order valence-corrected chi connectivity index (χ0v) is 9.15. The first-order chi connectivity index (χ1) is 7.56. The van der Waals surface area contributed by atoms with E-state index in [0.29, 0.717) is 6.61 Å². The average Bonchev–Trinajstić information content (AvgIpc) is 2.25. The van der Waals surface area contributed by atoms with Gasteiger partial charge in [-0.1, -0.05) is 11.6 Å². The van der Waals surface area contributed by atoms with Crippen LogP contribution in [0.2, 0.25) is 5.02 Å². The Kier molecular flexibility index (Phi) is 4.21. The first kappa shape index (κ1) is 12.4. The molecule has 0 aliphatic rings. The summed E-state index contributed by atoms with van der Waals surface area (Å²) in [5, 5.41) is 10.4. The number of carbonyl (C=O) groups excluding carboxylic acids is 1. The van der Waals surface area contributed by atoms with Crippen LogP contribution in [-0.4, -0.2) is 17.4 Å². The Bertz CT molecular complexity index is 422. The van der Waals surface area contributed by atoms with Gasteiger partial charge in [0.05, 0.1) is 22.1 Å². The number of amides is 1. The first-order valence-corrected chi connectivity index (χ1v) is 4.80. The minimum absolute atomic E-state index is 0.00593. The monoisotopic (exact) mass is 244 g/mol. The molecule has 0 aliphatic heterocycles. The fourth-order valence-electron chi connectivity index (χ4n) is 0.994. The van der Waals surface area contributed by atoms with E-state index in [9.17, 15) is 14.9 Å². The lowest BCUT2D eigenvalue weighted by Crippen LogP contribution is -2.23. The van der Waals surface area contributed by atoms with E-state index < -0.39 is 10.8 Å². The molecule has 0 spiro atoms. The van der Waals surface area contributed by atoms with Crippen LogP contribution in [0.5, 0.6) is 0 Å². The van der Waals surface area contributed by atoms with E-state index in [0.717, 1.165) is 6.07 Å². The van der Waals surface area contributed by atoms with Gasteiger partial charge in [0.15, 0.2) is 0 Å². The maximum atomic E-state index is 11.4. The molecule has 6 nitrogen and oxygen atoms in total. The predicted octanol–water partition coefficient (Wildman–Crippen LogP) is 1.93. The van der Waals surface area contributed by atoms with Gasteiger partial charge >= 0.3 is 0 Å². The van der Waals surface area contributed by atoms with Crippen molar-refractivity contribution in [2.45, 2.75) is 6.92 Å². The van der Waals surface area contributed by atoms with Crippen LogP contribution in [0.3, 0.4) is 0 Å². The molecule has 1 amide bonds. The Morgan fingerprint density at radius 1 is 1.62 bits per heavy atom. The second-order valence-electron chi connectivity index (χ2n) is 2.79. The summed E-state index contributed by atoms with van der Waals surface area (Å²) in [5.74, 6) is -0.540. The number of nitrogens with zero attached hydrogens (tertiary/aromatic N) is 1. The Morgan fingerprint density at radius 3 is 2.81 bits per heavy atom. The van der Waals surface area contributed by atoms with Crippen LogP contribution in [0.4, 0.5) is 5.69 Å². The number of carbonyl (C=O) groups is 1. The molecule has 1 aromatic carbocycles. The quantitative estimate of drug-likeness (QED) is 0.648. The minimum Gasteiger partial charge on any atom is -0.274 e. The van der Waals surface area contributed by atoms with Crippen molar-refractivity contribution in [3.8, 4) is 0 Å². The standard InChI is InChI=1S/C9H9ClN2O4/c1-2-16-11-9(13)7-4-3-6(12(14)15)5-8(7)10/h3-5H,2H2,1H3,(H,11,13). The van der Waals surface area contributed by atoms with Crippen LogP contribution in [0.1, 0.15) is 17.3 Å². The van der Waals surface area contributed by atoms with Crippen molar-refractivity contribution >= 4 is 23.2 Å². The molecule has 0 aliphatic carbocycles. The van der Waals surface area contributed by atoms with Gasteiger partial charge in [-0.05, 0) is 13.0 Å². The molecule has 1 rings (SSSR count). The maximum Gasteiger partial charge on any atom is 0.276 e. The summed E-state index contributed by atoms with van der Waals surface area (Å²) in [6.07, 6.45) is 0. The normalized spacial score (nSPS) is 9.88. The number of nitro groups is 1. The fourth-order valence-corrected chi connectivity index (χ4v) is 1.26. The van der Waals surface area contributed by atoms with Gasteiger partial charge in [0.2, 0.25) is 0 Å². The van der Waals surface area contributed by atoms with E-state index in [1.165, 1.54) is 12.1 Å². The SMILES string of the molecule is CCONC(=O)c1ccc([N+](=O)[O-])cc1Cl. The zero-order chi connectivity index (χ0) is 12.1. The highest BCUT2D eigenvalue weighted by molar-refractivity contribution is 6.34. The average molecular weight is 245 g/mol. The third-order valence-corrected chi connectivity index (χ3v) is 2.03. The number of non-ortho nitro benzene ring substituents is 1. The van der Waals surface area contributed by atoms with E-state index in [1.54, 1.807) is 6.92 Å². The Labute approximate surface area is 96.3 Å². The molecule has 0 unspecified atom stereocenters. The topological polar surface area (TPSA) is 81.5 Å². The van der Waals surface area contributed by atoms with Crippen molar-refractivity contribution in [3.05, 3.63) is 38.9 Å². The molecule has 1 aromatic rings. The molecule has 0 fully saturated rings. The molecule has 7 heteroatoms. The third kappa shape index (κ3) is 2.91. The van der Waals surface area contributed by atoms with Crippen molar-refractivity contribution in [1.29, 1.82) is 0 Å². The Hall–Kier alpha value is -1.66. The number of nitro benzene ring substituents is 1. The molecule has 0 radical (unpaired) electrons. The maximum absolute atomic E-state index is 11.4. The van der Waals surface area contributed by atoms with Gasteiger partial charge < -0.3 is 0 Å². The number of rotatable bonds is 4. The minimum atomic E-state index is -0.587. The van der Waals surface area contributed by atoms with Gasteiger partial charge in [0.25, 0.3) is 11.6 Å². The smallest absolute Gasteiger partial charge is 0.274 e. The van der Waals surface area contributed by atoms with Gasteiger partial charge in [-0.25, -0.2) is 5.48 Å².